The topological polar surface area (TPSA) is 55.1 Å². The summed E-state index contributed by atoms with van der Waals surface area (Å²) in [5.41, 5.74) is 4.87. The van der Waals surface area contributed by atoms with Crippen molar-refractivity contribution in [2.45, 2.75) is 13.8 Å². The van der Waals surface area contributed by atoms with E-state index in [4.69, 9.17) is 5.73 Å². The van der Waals surface area contributed by atoms with E-state index >= 15 is 0 Å². The molecule has 0 aromatic heterocycles. The molecule has 0 unspecified atom stereocenters. The van der Waals surface area contributed by atoms with Crippen molar-refractivity contribution in [1.82, 2.24) is 0 Å². The second-order valence-corrected chi connectivity index (χ2v) is 5.14. The zero-order chi connectivity index (χ0) is 12.3. The number of amides is 1. The Morgan fingerprint density at radius 2 is 2.19 bits per heavy atom. The first-order valence-corrected chi connectivity index (χ1v) is 5.61. The summed E-state index contributed by atoms with van der Waals surface area (Å²) in [6.45, 7) is 3.71. The fraction of sp³-hybridized carbons (Fsp3) is 0.364. The maximum Gasteiger partial charge on any atom is 0.224 e. The first-order chi connectivity index (χ1) is 7.33. The van der Waals surface area contributed by atoms with Gasteiger partial charge in [-0.1, -0.05) is 15.9 Å². The predicted molar refractivity (Wildman–Crippen MR) is 65.6 cm³/mol. The van der Waals surface area contributed by atoms with Gasteiger partial charge in [0.15, 0.2) is 0 Å². The molecule has 0 saturated carbocycles. The maximum absolute atomic E-state index is 13.4. The van der Waals surface area contributed by atoms with Crippen LogP contribution in [0.15, 0.2) is 22.7 Å². The number of anilines is 1. The number of carbonyl (C=O) groups is 1. The summed E-state index contributed by atoms with van der Waals surface area (Å²) in [6, 6.07) is 4.69. The van der Waals surface area contributed by atoms with Crippen molar-refractivity contribution in [2.75, 3.05) is 11.9 Å². The molecule has 16 heavy (non-hydrogen) atoms. The van der Waals surface area contributed by atoms with E-state index in [0.717, 1.165) is 0 Å². The van der Waals surface area contributed by atoms with Gasteiger partial charge in [0.2, 0.25) is 5.91 Å². The van der Waals surface area contributed by atoms with Crippen LogP contribution in [-0.2, 0) is 4.79 Å². The standard InChI is InChI=1S/C11H14BrFN2O/c1-11(2,10(14)16)6-15-9-4-3-7(12)5-8(9)13/h3-5,15H,6H2,1-2H3,(H2,14,16). The molecule has 1 aromatic carbocycles. The third kappa shape index (κ3) is 3.20. The molecular formula is C11H14BrFN2O. The van der Waals surface area contributed by atoms with Crippen LogP contribution in [0.4, 0.5) is 10.1 Å². The molecule has 0 atom stereocenters. The van der Waals surface area contributed by atoms with E-state index in [1.54, 1.807) is 26.0 Å². The first-order valence-electron chi connectivity index (χ1n) is 4.82. The van der Waals surface area contributed by atoms with Crippen LogP contribution in [-0.4, -0.2) is 12.5 Å². The van der Waals surface area contributed by atoms with Crippen molar-refractivity contribution in [2.24, 2.45) is 11.1 Å². The lowest BCUT2D eigenvalue weighted by atomic mass is 9.93. The molecule has 0 fully saturated rings. The van der Waals surface area contributed by atoms with E-state index in [1.165, 1.54) is 6.07 Å². The molecule has 0 radical (unpaired) electrons. The van der Waals surface area contributed by atoms with Crippen LogP contribution in [0, 0.1) is 11.2 Å². The molecule has 3 N–H and O–H groups in total. The minimum absolute atomic E-state index is 0.293. The summed E-state index contributed by atoms with van der Waals surface area (Å²) in [5, 5.41) is 2.87. The van der Waals surface area contributed by atoms with Gasteiger partial charge < -0.3 is 11.1 Å². The Balaban J connectivity index is 2.72. The number of hydrogen-bond acceptors (Lipinski definition) is 2. The van der Waals surface area contributed by atoms with Gasteiger partial charge in [-0.15, -0.1) is 0 Å². The summed E-state index contributed by atoms with van der Waals surface area (Å²) in [5.74, 6) is -0.785. The SMILES string of the molecule is CC(C)(CNc1ccc(Br)cc1F)C(N)=O. The Morgan fingerprint density at radius 3 is 2.69 bits per heavy atom. The molecule has 0 spiro atoms. The van der Waals surface area contributed by atoms with Crippen LogP contribution in [0.2, 0.25) is 0 Å². The summed E-state index contributed by atoms with van der Waals surface area (Å²) in [7, 11) is 0. The lowest BCUT2D eigenvalue weighted by Gasteiger charge is -2.21. The molecule has 0 aliphatic rings. The number of rotatable bonds is 4. The Morgan fingerprint density at radius 1 is 1.56 bits per heavy atom. The van der Waals surface area contributed by atoms with Crippen molar-refractivity contribution in [3.05, 3.63) is 28.5 Å². The zero-order valence-electron chi connectivity index (χ0n) is 9.18. The third-order valence-corrected chi connectivity index (χ3v) is 2.81. The molecule has 0 heterocycles. The molecule has 3 nitrogen and oxygen atoms in total. The van der Waals surface area contributed by atoms with E-state index in [0.29, 0.717) is 16.7 Å². The second-order valence-electron chi connectivity index (χ2n) is 4.23. The maximum atomic E-state index is 13.4. The van der Waals surface area contributed by atoms with Crippen LogP contribution in [0.5, 0.6) is 0 Å². The van der Waals surface area contributed by atoms with E-state index < -0.39 is 11.3 Å². The fourth-order valence-corrected chi connectivity index (χ4v) is 1.37. The number of nitrogens with two attached hydrogens (primary N) is 1. The molecular weight excluding hydrogens is 275 g/mol. The Labute approximate surface area is 102 Å². The summed E-state index contributed by atoms with van der Waals surface area (Å²) in [4.78, 5) is 11.1. The highest BCUT2D eigenvalue weighted by Gasteiger charge is 2.24. The van der Waals surface area contributed by atoms with E-state index in [2.05, 4.69) is 21.2 Å². The van der Waals surface area contributed by atoms with Gasteiger partial charge in [0.05, 0.1) is 11.1 Å². The van der Waals surface area contributed by atoms with Gasteiger partial charge in [0, 0.05) is 11.0 Å². The van der Waals surface area contributed by atoms with Crippen molar-refractivity contribution in [3.8, 4) is 0 Å². The molecule has 1 aromatic rings. The predicted octanol–water partition coefficient (Wildman–Crippen LogP) is 2.51. The average Bonchev–Trinajstić information content (AvgIpc) is 2.16. The lowest BCUT2D eigenvalue weighted by molar-refractivity contribution is -0.125. The molecule has 0 saturated heterocycles. The van der Waals surface area contributed by atoms with E-state index in [-0.39, 0.29) is 5.82 Å². The monoisotopic (exact) mass is 288 g/mol. The molecule has 0 bridgehead atoms. The highest BCUT2D eigenvalue weighted by atomic mass is 79.9. The summed E-state index contributed by atoms with van der Waals surface area (Å²) < 4.78 is 14.1. The highest BCUT2D eigenvalue weighted by molar-refractivity contribution is 9.10. The van der Waals surface area contributed by atoms with Gasteiger partial charge in [0.25, 0.3) is 0 Å². The van der Waals surface area contributed by atoms with Gasteiger partial charge in [-0.05, 0) is 32.0 Å². The Hall–Kier alpha value is -1.10. The van der Waals surface area contributed by atoms with Gasteiger partial charge in [-0.2, -0.15) is 0 Å². The number of primary amides is 1. The van der Waals surface area contributed by atoms with Gasteiger partial charge >= 0.3 is 0 Å². The molecule has 5 heteroatoms. The van der Waals surface area contributed by atoms with Gasteiger partial charge in [0.1, 0.15) is 5.82 Å². The normalized spacial score (nSPS) is 11.2. The third-order valence-electron chi connectivity index (χ3n) is 2.32. The van der Waals surface area contributed by atoms with Crippen molar-refractivity contribution in [1.29, 1.82) is 0 Å². The smallest absolute Gasteiger partial charge is 0.224 e. The molecule has 0 aliphatic carbocycles. The molecule has 1 amide bonds. The quantitative estimate of drug-likeness (QED) is 0.894. The van der Waals surface area contributed by atoms with Crippen molar-refractivity contribution in [3.63, 3.8) is 0 Å². The summed E-state index contributed by atoms with van der Waals surface area (Å²) in [6.07, 6.45) is 0. The van der Waals surface area contributed by atoms with Crippen molar-refractivity contribution < 1.29 is 9.18 Å². The molecule has 1 rings (SSSR count). The highest BCUT2D eigenvalue weighted by Crippen LogP contribution is 2.21. The molecule has 0 aliphatic heterocycles. The van der Waals surface area contributed by atoms with Gasteiger partial charge in [-0.3, -0.25) is 4.79 Å². The Kier molecular flexibility index (Phi) is 3.91. The number of carbonyl (C=O) groups excluding carboxylic acids is 1. The number of benzene rings is 1. The molecule has 88 valence electrons. The minimum Gasteiger partial charge on any atom is -0.382 e. The van der Waals surface area contributed by atoms with E-state index in [1.807, 2.05) is 0 Å². The van der Waals surface area contributed by atoms with Crippen LogP contribution < -0.4 is 11.1 Å². The second kappa shape index (κ2) is 4.82. The zero-order valence-corrected chi connectivity index (χ0v) is 10.8. The number of hydrogen-bond donors (Lipinski definition) is 2. The van der Waals surface area contributed by atoms with Crippen molar-refractivity contribution >= 4 is 27.5 Å². The van der Waals surface area contributed by atoms with Crippen LogP contribution in [0.3, 0.4) is 0 Å². The number of halogens is 2. The lowest BCUT2D eigenvalue weighted by Crippen LogP contribution is -2.37. The minimum atomic E-state index is -0.709. The first kappa shape index (κ1) is 13.0. The van der Waals surface area contributed by atoms with Crippen LogP contribution in [0.1, 0.15) is 13.8 Å². The van der Waals surface area contributed by atoms with E-state index in [9.17, 15) is 9.18 Å². The largest absolute Gasteiger partial charge is 0.382 e. The van der Waals surface area contributed by atoms with Gasteiger partial charge in [-0.25, -0.2) is 4.39 Å². The number of nitrogens with one attached hydrogen (secondary N) is 1. The summed E-state index contributed by atoms with van der Waals surface area (Å²) >= 11 is 3.17. The van der Waals surface area contributed by atoms with Crippen LogP contribution in [0.25, 0.3) is 0 Å². The average molecular weight is 289 g/mol. The van der Waals surface area contributed by atoms with Crippen LogP contribution >= 0.6 is 15.9 Å². The fourth-order valence-electron chi connectivity index (χ4n) is 1.04. The Bertz CT molecular complexity index is 407.